The quantitative estimate of drug-likeness (QED) is 0.735. The molecule has 0 saturated heterocycles. The van der Waals surface area contributed by atoms with E-state index in [1.54, 1.807) is 0 Å². The zero-order valence-electron chi connectivity index (χ0n) is 10.3. The highest BCUT2D eigenvalue weighted by Gasteiger charge is 1.85. The lowest BCUT2D eigenvalue weighted by Gasteiger charge is -1.92. The Hall–Kier alpha value is -1.87. The van der Waals surface area contributed by atoms with Crippen molar-refractivity contribution in [2.24, 2.45) is 5.73 Å². The van der Waals surface area contributed by atoms with Crippen molar-refractivity contribution in [2.75, 3.05) is 6.54 Å². The van der Waals surface area contributed by atoms with Crippen molar-refractivity contribution < 1.29 is 9.90 Å². The summed E-state index contributed by atoms with van der Waals surface area (Å²) < 4.78 is 0. The Morgan fingerprint density at radius 1 is 1.06 bits per heavy atom. The van der Waals surface area contributed by atoms with E-state index in [4.69, 9.17) is 15.6 Å². The van der Waals surface area contributed by atoms with Crippen molar-refractivity contribution in [3.63, 3.8) is 0 Å². The van der Waals surface area contributed by atoms with Gasteiger partial charge in [-0.2, -0.15) is 0 Å². The van der Waals surface area contributed by atoms with Crippen LogP contribution < -0.4 is 5.73 Å². The third kappa shape index (κ3) is 7.99. The van der Waals surface area contributed by atoms with Gasteiger partial charge >= 0.3 is 0 Å². The van der Waals surface area contributed by atoms with E-state index in [0.29, 0.717) is 0 Å². The first-order valence-corrected chi connectivity index (χ1v) is 5.45. The molecule has 0 unspecified atom stereocenters. The molecular formula is C14H19NO2. The van der Waals surface area contributed by atoms with Crippen LogP contribution in [0.2, 0.25) is 0 Å². The number of carbonyl (C=O) groups is 1. The van der Waals surface area contributed by atoms with Gasteiger partial charge in [-0.3, -0.25) is 4.79 Å². The highest BCUT2D eigenvalue weighted by atomic mass is 16.4. The Balaban J connectivity index is 0.000000311. The second-order valence-electron chi connectivity index (χ2n) is 3.27. The van der Waals surface area contributed by atoms with Gasteiger partial charge < -0.3 is 10.8 Å². The van der Waals surface area contributed by atoms with Gasteiger partial charge in [-0.15, -0.1) is 0 Å². The Bertz CT molecular complexity index is 371. The number of hydrogen-bond donors (Lipinski definition) is 2. The minimum atomic E-state index is -0.833. The lowest BCUT2D eigenvalue weighted by molar-refractivity contribution is -0.134. The lowest BCUT2D eigenvalue weighted by atomic mass is 10.1. The summed E-state index contributed by atoms with van der Waals surface area (Å²) in [6.07, 6.45) is 0. The Morgan fingerprint density at radius 3 is 1.41 bits per heavy atom. The maximum atomic E-state index is 9.00. The summed E-state index contributed by atoms with van der Waals surface area (Å²) in [6, 6.07) is 16.7. The summed E-state index contributed by atoms with van der Waals surface area (Å²) in [7, 11) is 0. The van der Waals surface area contributed by atoms with E-state index < -0.39 is 5.97 Å². The van der Waals surface area contributed by atoms with Crippen molar-refractivity contribution in [3.05, 3.63) is 48.5 Å². The van der Waals surface area contributed by atoms with E-state index in [1.165, 1.54) is 10.8 Å². The summed E-state index contributed by atoms with van der Waals surface area (Å²) in [5, 5.41) is 10.0. The number of fused-ring (bicyclic) bond motifs is 1. The van der Waals surface area contributed by atoms with Gasteiger partial charge in [-0.1, -0.05) is 55.5 Å². The number of aliphatic carboxylic acids is 1. The van der Waals surface area contributed by atoms with Gasteiger partial charge in [0.1, 0.15) is 0 Å². The fourth-order valence-corrected chi connectivity index (χ4v) is 1.13. The molecule has 0 bridgehead atoms. The van der Waals surface area contributed by atoms with Crippen molar-refractivity contribution in [1.29, 1.82) is 0 Å². The first-order chi connectivity index (χ1) is 8.11. The maximum Gasteiger partial charge on any atom is 0.300 e. The van der Waals surface area contributed by atoms with Gasteiger partial charge in [-0.25, -0.2) is 0 Å². The molecule has 2 rings (SSSR count). The van der Waals surface area contributed by atoms with Crippen LogP contribution in [0, 0.1) is 0 Å². The van der Waals surface area contributed by atoms with Crippen LogP contribution in [0.4, 0.5) is 0 Å². The van der Waals surface area contributed by atoms with Gasteiger partial charge in [-0.05, 0) is 17.3 Å². The minimum Gasteiger partial charge on any atom is -0.481 e. The molecule has 0 fully saturated rings. The molecule has 17 heavy (non-hydrogen) atoms. The molecule has 3 nitrogen and oxygen atoms in total. The summed E-state index contributed by atoms with van der Waals surface area (Å²) >= 11 is 0. The highest BCUT2D eigenvalue weighted by molar-refractivity contribution is 5.81. The molecule has 3 N–H and O–H groups in total. The van der Waals surface area contributed by atoms with Crippen LogP contribution in [0.1, 0.15) is 13.8 Å². The topological polar surface area (TPSA) is 63.3 Å². The fraction of sp³-hybridized carbons (Fsp3) is 0.214. The molecule has 2 aromatic carbocycles. The first kappa shape index (κ1) is 15.1. The molecule has 3 heteroatoms. The van der Waals surface area contributed by atoms with E-state index in [-0.39, 0.29) is 0 Å². The lowest BCUT2D eigenvalue weighted by Crippen LogP contribution is -1.87. The molecule has 0 amide bonds. The molecule has 0 aromatic heterocycles. The first-order valence-electron chi connectivity index (χ1n) is 5.45. The summed E-state index contributed by atoms with van der Waals surface area (Å²) in [4.78, 5) is 9.00. The number of rotatable bonds is 0. The molecule has 0 aliphatic rings. The molecule has 2 aromatic rings. The Labute approximate surface area is 102 Å². The fourth-order valence-electron chi connectivity index (χ4n) is 1.13. The standard InChI is InChI=1S/C10H8.C2H7N.C2H4O2/c1-2-6-10-8-4-3-7-9(10)5-1;1-2-3;1-2(3)4/h1-8H;2-3H2,1H3;1H3,(H,3,4). The van der Waals surface area contributed by atoms with Crippen LogP contribution in [-0.4, -0.2) is 17.6 Å². The van der Waals surface area contributed by atoms with Crippen LogP contribution >= 0.6 is 0 Å². The zero-order valence-corrected chi connectivity index (χ0v) is 10.3. The summed E-state index contributed by atoms with van der Waals surface area (Å²) in [5.41, 5.74) is 4.85. The third-order valence-electron chi connectivity index (χ3n) is 1.66. The number of nitrogens with two attached hydrogens (primary N) is 1. The Kier molecular flexibility index (Phi) is 8.33. The van der Waals surface area contributed by atoms with Crippen molar-refractivity contribution in [2.45, 2.75) is 13.8 Å². The summed E-state index contributed by atoms with van der Waals surface area (Å²) in [6.45, 7) is 3.74. The minimum absolute atomic E-state index is 0.750. The second kappa shape index (κ2) is 9.36. The smallest absolute Gasteiger partial charge is 0.300 e. The van der Waals surface area contributed by atoms with Gasteiger partial charge in [0.2, 0.25) is 0 Å². The van der Waals surface area contributed by atoms with Gasteiger partial charge in [0.25, 0.3) is 5.97 Å². The van der Waals surface area contributed by atoms with Crippen LogP contribution in [0.5, 0.6) is 0 Å². The molecular weight excluding hydrogens is 214 g/mol. The molecule has 0 heterocycles. The van der Waals surface area contributed by atoms with E-state index in [0.717, 1.165) is 13.5 Å². The monoisotopic (exact) mass is 233 g/mol. The van der Waals surface area contributed by atoms with Gasteiger partial charge in [0.15, 0.2) is 0 Å². The maximum absolute atomic E-state index is 9.00. The molecule has 0 aliphatic carbocycles. The zero-order chi connectivity index (χ0) is 13.1. The molecule has 0 aliphatic heterocycles. The molecule has 0 atom stereocenters. The summed E-state index contributed by atoms with van der Waals surface area (Å²) in [5.74, 6) is -0.833. The van der Waals surface area contributed by atoms with E-state index >= 15 is 0 Å². The average molecular weight is 233 g/mol. The van der Waals surface area contributed by atoms with Crippen LogP contribution in [-0.2, 0) is 4.79 Å². The van der Waals surface area contributed by atoms with Gasteiger partial charge in [0.05, 0.1) is 0 Å². The Morgan fingerprint density at radius 2 is 1.24 bits per heavy atom. The number of carboxylic acid groups (broad SMARTS) is 1. The largest absolute Gasteiger partial charge is 0.481 e. The third-order valence-corrected chi connectivity index (χ3v) is 1.66. The highest BCUT2D eigenvalue weighted by Crippen LogP contribution is 2.11. The van der Waals surface area contributed by atoms with Crippen LogP contribution in [0.25, 0.3) is 10.8 Å². The average Bonchev–Trinajstić information content (AvgIpc) is 2.29. The predicted octanol–water partition coefficient (Wildman–Crippen LogP) is 2.90. The molecule has 0 saturated carbocycles. The van der Waals surface area contributed by atoms with Crippen molar-refractivity contribution in [3.8, 4) is 0 Å². The predicted molar refractivity (Wildman–Crippen MR) is 72.0 cm³/mol. The van der Waals surface area contributed by atoms with E-state index in [9.17, 15) is 0 Å². The van der Waals surface area contributed by atoms with Crippen molar-refractivity contribution in [1.82, 2.24) is 0 Å². The number of carboxylic acids is 1. The van der Waals surface area contributed by atoms with Crippen molar-refractivity contribution >= 4 is 16.7 Å². The molecule has 0 radical (unpaired) electrons. The number of hydrogen-bond acceptors (Lipinski definition) is 2. The molecule has 0 spiro atoms. The second-order valence-corrected chi connectivity index (χ2v) is 3.27. The normalized spacial score (nSPS) is 8.41. The van der Waals surface area contributed by atoms with E-state index in [2.05, 4.69) is 48.5 Å². The molecule has 92 valence electrons. The number of benzene rings is 2. The SMILES string of the molecule is CC(=O)O.CCN.c1ccc2ccccc2c1. The van der Waals surface area contributed by atoms with E-state index in [1.807, 2.05) is 6.92 Å². The van der Waals surface area contributed by atoms with Gasteiger partial charge in [0, 0.05) is 6.92 Å². The van der Waals surface area contributed by atoms with Crippen LogP contribution in [0.3, 0.4) is 0 Å². The van der Waals surface area contributed by atoms with Crippen LogP contribution in [0.15, 0.2) is 48.5 Å².